The van der Waals surface area contributed by atoms with Crippen LogP contribution >= 0.6 is 0 Å². The molecule has 0 fully saturated rings. The van der Waals surface area contributed by atoms with E-state index in [1.165, 1.54) is 0 Å². The minimum atomic E-state index is -0.0669. The number of nitrogens with zero attached hydrogens (tertiary/aromatic N) is 3. The summed E-state index contributed by atoms with van der Waals surface area (Å²) in [6.45, 7) is 4.00. The third-order valence-corrected chi connectivity index (χ3v) is 4.11. The highest BCUT2D eigenvalue weighted by Crippen LogP contribution is 2.15. The van der Waals surface area contributed by atoms with Crippen molar-refractivity contribution < 1.29 is 4.79 Å². The van der Waals surface area contributed by atoms with Crippen molar-refractivity contribution in [3.05, 3.63) is 77.1 Å². The number of benzene rings is 2. The molecule has 0 aliphatic rings. The molecule has 1 heterocycles. The number of hydrogen-bond acceptors (Lipinski definition) is 3. The average molecular weight is 344 g/mol. The number of carbonyl (C=O) groups is 1. The van der Waals surface area contributed by atoms with Crippen molar-refractivity contribution in [1.29, 1.82) is 5.26 Å². The highest BCUT2D eigenvalue weighted by Gasteiger charge is 2.06. The summed E-state index contributed by atoms with van der Waals surface area (Å²) in [5, 5.41) is 16.2. The highest BCUT2D eigenvalue weighted by molar-refractivity contribution is 5.91. The maximum absolute atomic E-state index is 12.1. The Morgan fingerprint density at radius 1 is 1.15 bits per heavy atom. The summed E-state index contributed by atoms with van der Waals surface area (Å²) in [4.78, 5) is 12.1. The molecule has 1 aromatic heterocycles. The second-order valence-electron chi connectivity index (χ2n) is 6.25. The fourth-order valence-electron chi connectivity index (χ4n) is 2.84. The first-order valence-corrected chi connectivity index (χ1v) is 8.48. The van der Waals surface area contributed by atoms with Crippen molar-refractivity contribution in [2.24, 2.45) is 0 Å². The van der Waals surface area contributed by atoms with Crippen molar-refractivity contribution >= 4 is 11.6 Å². The van der Waals surface area contributed by atoms with Gasteiger partial charge in [0.05, 0.1) is 23.0 Å². The van der Waals surface area contributed by atoms with Crippen LogP contribution < -0.4 is 5.32 Å². The predicted molar refractivity (Wildman–Crippen MR) is 101 cm³/mol. The van der Waals surface area contributed by atoms with Crippen LogP contribution in [0.1, 0.15) is 28.9 Å². The minimum absolute atomic E-state index is 0.0669. The Kier molecular flexibility index (Phi) is 5.14. The number of nitrogens with one attached hydrogen (secondary N) is 1. The topological polar surface area (TPSA) is 70.7 Å². The third-order valence-electron chi connectivity index (χ3n) is 4.11. The number of hydrogen-bond donors (Lipinski definition) is 1. The Morgan fingerprint density at radius 2 is 1.92 bits per heavy atom. The van der Waals surface area contributed by atoms with Crippen molar-refractivity contribution in [3.8, 4) is 11.8 Å². The Labute approximate surface area is 152 Å². The van der Waals surface area contributed by atoms with E-state index in [1.807, 2.05) is 48.9 Å². The SMILES string of the molecule is Cc1cc(C)n(-c2ccc(CCC(=O)Nc3cccc(C#N)c3)cc2)n1. The van der Waals surface area contributed by atoms with Gasteiger partial charge in [0, 0.05) is 17.8 Å². The van der Waals surface area contributed by atoms with Crippen LogP contribution in [-0.4, -0.2) is 15.7 Å². The molecule has 0 saturated carbocycles. The standard InChI is InChI=1S/C21H20N4O/c1-15-12-16(2)25(24-15)20-9-6-17(7-10-20)8-11-21(26)23-19-5-3-4-18(13-19)14-22/h3-7,9-10,12-13H,8,11H2,1-2H3,(H,23,26). The van der Waals surface area contributed by atoms with Crippen LogP contribution in [0.4, 0.5) is 5.69 Å². The molecule has 26 heavy (non-hydrogen) atoms. The molecule has 5 heteroatoms. The number of anilines is 1. The molecule has 1 amide bonds. The van der Waals surface area contributed by atoms with E-state index >= 15 is 0 Å². The zero-order chi connectivity index (χ0) is 18.5. The number of aryl methyl sites for hydroxylation is 3. The molecule has 5 nitrogen and oxygen atoms in total. The van der Waals surface area contributed by atoms with E-state index in [1.54, 1.807) is 24.3 Å². The van der Waals surface area contributed by atoms with Crippen LogP contribution in [0.5, 0.6) is 0 Å². The van der Waals surface area contributed by atoms with Crippen molar-refractivity contribution in [2.75, 3.05) is 5.32 Å². The summed E-state index contributed by atoms with van der Waals surface area (Å²) in [5.41, 5.74) is 5.36. The number of nitriles is 1. The first-order valence-electron chi connectivity index (χ1n) is 8.48. The lowest BCUT2D eigenvalue weighted by Gasteiger charge is -2.07. The second kappa shape index (κ2) is 7.66. The van der Waals surface area contributed by atoms with Gasteiger partial charge in [-0.3, -0.25) is 4.79 Å². The second-order valence-corrected chi connectivity index (χ2v) is 6.25. The van der Waals surface area contributed by atoms with E-state index in [2.05, 4.69) is 16.5 Å². The number of aromatic nitrogens is 2. The lowest BCUT2D eigenvalue weighted by Crippen LogP contribution is -2.12. The van der Waals surface area contributed by atoms with Gasteiger partial charge in [-0.2, -0.15) is 10.4 Å². The molecular formula is C21H20N4O. The Bertz CT molecular complexity index is 964. The van der Waals surface area contributed by atoms with E-state index in [-0.39, 0.29) is 5.91 Å². The normalized spacial score (nSPS) is 10.3. The van der Waals surface area contributed by atoms with Crippen LogP contribution in [0, 0.1) is 25.2 Å². The van der Waals surface area contributed by atoms with Gasteiger partial charge in [0.1, 0.15) is 0 Å². The molecular weight excluding hydrogens is 324 g/mol. The largest absolute Gasteiger partial charge is 0.326 e. The van der Waals surface area contributed by atoms with Crippen LogP contribution in [0.2, 0.25) is 0 Å². The van der Waals surface area contributed by atoms with E-state index < -0.39 is 0 Å². The van der Waals surface area contributed by atoms with E-state index in [9.17, 15) is 4.79 Å². The van der Waals surface area contributed by atoms with Gasteiger partial charge < -0.3 is 5.32 Å². The smallest absolute Gasteiger partial charge is 0.224 e. The van der Waals surface area contributed by atoms with Crippen molar-refractivity contribution in [1.82, 2.24) is 9.78 Å². The molecule has 0 atom stereocenters. The number of amides is 1. The summed E-state index contributed by atoms with van der Waals surface area (Å²) in [6.07, 6.45) is 1.04. The molecule has 0 aliphatic carbocycles. The first-order chi connectivity index (χ1) is 12.5. The minimum Gasteiger partial charge on any atom is -0.326 e. The van der Waals surface area contributed by atoms with E-state index in [0.29, 0.717) is 24.1 Å². The molecule has 0 aliphatic heterocycles. The maximum Gasteiger partial charge on any atom is 0.224 e. The third kappa shape index (κ3) is 4.17. The van der Waals surface area contributed by atoms with Gasteiger partial charge in [-0.05, 0) is 62.2 Å². The van der Waals surface area contributed by atoms with Gasteiger partial charge in [0.25, 0.3) is 0 Å². The van der Waals surface area contributed by atoms with Gasteiger partial charge in [0.15, 0.2) is 0 Å². The van der Waals surface area contributed by atoms with Gasteiger partial charge in [-0.15, -0.1) is 0 Å². The fourth-order valence-corrected chi connectivity index (χ4v) is 2.84. The summed E-state index contributed by atoms with van der Waals surface area (Å²) < 4.78 is 1.91. The lowest BCUT2D eigenvalue weighted by atomic mass is 10.1. The molecule has 0 saturated heterocycles. The Morgan fingerprint density at radius 3 is 2.58 bits per heavy atom. The molecule has 0 bridgehead atoms. The quantitative estimate of drug-likeness (QED) is 0.762. The fraction of sp³-hybridized carbons (Fsp3) is 0.190. The van der Waals surface area contributed by atoms with E-state index in [4.69, 9.17) is 5.26 Å². The lowest BCUT2D eigenvalue weighted by molar-refractivity contribution is -0.116. The molecule has 0 radical (unpaired) electrons. The molecule has 130 valence electrons. The zero-order valence-corrected chi connectivity index (χ0v) is 14.9. The van der Waals surface area contributed by atoms with Crippen molar-refractivity contribution in [3.63, 3.8) is 0 Å². The number of rotatable bonds is 5. The summed E-state index contributed by atoms with van der Waals surface area (Å²) in [6, 6.07) is 19.1. The summed E-state index contributed by atoms with van der Waals surface area (Å²) >= 11 is 0. The first kappa shape index (κ1) is 17.4. The molecule has 3 aromatic rings. The monoisotopic (exact) mass is 344 g/mol. The maximum atomic E-state index is 12.1. The molecule has 3 rings (SSSR count). The van der Waals surface area contributed by atoms with Gasteiger partial charge in [-0.1, -0.05) is 18.2 Å². The van der Waals surface area contributed by atoms with Crippen LogP contribution in [-0.2, 0) is 11.2 Å². The Hall–Kier alpha value is -3.39. The van der Waals surface area contributed by atoms with Crippen molar-refractivity contribution in [2.45, 2.75) is 26.7 Å². The molecule has 0 spiro atoms. The average Bonchev–Trinajstić information content (AvgIpc) is 2.99. The van der Waals surface area contributed by atoms with Gasteiger partial charge >= 0.3 is 0 Å². The summed E-state index contributed by atoms with van der Waals surface area (Å²) in [7, 11) is 0. The van der Waals surface area contributed by atoms with Crippen LogP contribution in [0.25, 0.3) is 5.69 Å². The zero-order valence-electron chi connectivity index (χ0n) is 14.9. The van der Waals surface area contributed by atoms with Crippen LogP contribution in [0.3, 0.4) is 0 Å². The van der Waals surface area contributed by atoms with Gasteiger partial charge in [0.2, 0.25) is 5.91 Å². The highest BCUT2D eigenvalue weighted by atomic mass is 16.1. The predicted octanol–water partition coefficient (Wildman–Crippen LogP) is 3.93. The molecule has 2 aromatic carbocycles. The Balaban J connectivity index is 1.58. The number of carbonyl (C=O) groups excluding carboxylic acids is 1. The van der Waals surface area contributed by atoms with Gasteiger partial charge in [-0.25, -0.2) is 4.68 Å². The molecule has 0 unspecified atom stereocenters. The van der Waals surface area contributed by atoms with Crippen LogP contribution in [0.15, 0.2) is 54.6 Å². The van der Waals surface area contributed by atoms with E-state index in [0.717, 1.165) is 22.6 Å². The molecule has 1 N–H and O–H groups in total. The summed E-state index contributed by atoms with van der Waals surface area (Å²) in [5.74, 6) is -0.0669.